The zero-order valence-corrected chi connectivity index (χ0v) is 13.0. The molecule has 0 aromatic heterocycles. The number of halogens is 7. The van der Waals surface area contributed by atoms with Crippen LogP contribution < -0.4 is 0 Å². The molecule has 0 fully saturated rings. The Morgan fingerprint density at radius 3 is 2.21 bits per heavy atom. The topological polar surface area (TPSA) is 0 Å². The van der Waals surface area contributed by atoms with Crippen molar-refractivity contribution in [1.29, 1.82) is 0 Å². The SMILES string of the molecule is Cc1cc(F)c(-c2cccc(C(F)(F)F)c2)cc1SCC(F)(F)F. The third kappa shape index (κ3) is 4.66. The molecule has 0 atom stereocenters. The van der Waals surface area contributed by atoms with Crippen LogP contribution in [-0.2, 0) is 6.18 Å². The van der Waals surface area contributed by atoms with Gasteiger partial charge < -0.3 is 0 Å². The van der Waals surface area contributed by atoms with Crippen LogP contribution in [-0.4, -0.2) is 11.9 Å². The van der Waals surface area contributed by atoms with Crippen molar-refractivity contribution in [2.24, 2.45) is 0 Å². The Bertz CT molecular complexity index is 732. The minimum atomic E-state index is -4.59. The molecule has 0 amide bonds. The van der Waals surface area contributed by atoms with Gasteiger partial charge in [-0.05, 0) is 42.3 Å². The standard InChI is InChI=1S/C16H11F7S/c1-9-5-13(17)12(7-14(9)24-8-15(18,19)20)10-3-2-4-11(6-10)16(21,22)23/h2-7H,8H2,1H3. The van der Waals surface area contributed by atoms with Crippen molar-refractivity contribution in [3.63, 3.8) is 0 Å². The van der Waals surface area contributed by atoms with Gasteiger partial charge in [-0.15, -0.1) is 11.8 Å². The minimum absolute atomic E-state index is 0.0452. The van der Waals surface area contributed by atoms with Crippen molar-refractivity contribution >= 4 is 11.8 Å². The van der Waals surface area contributed by atoms with Gasteiger partial charge in [0, 0.05) is 10.5 Å². The molecule has 130 valence electrons. The summed E-state index contributed by atoms with van der Waals surface area (Å²) in [5.74, 6) is -1.95. The van der Waals surface area contributed by atoms with E-state index in [2.05, 4.69) is 0 Å². The normalized spacial score (nSPS) is 12.5. The maximum atomic E-state index is 14.1. The van der Waals surface area contributed by atoms with Crippen molar-refractivity contribution in [2.75, 3.05) is 5.75 Å². The molecule has 0 radical (unpaired) electrons. The smallest absolute Gasteiger partial charge is 0.206 e. The Labute approximate surface area is 137 Å². The molecular formula is C16H11F7S. The van der Waals surface area contributed by atoms with E-state index in [1.165, 1.54) is 13.0 Å². The first-order chi connectivity index (χ1) is 11.0. The monoisotopic (exact) mass is 368 g/mol. The quantitative estimate of drug-likeness (QED) is 0.442. The molecule has 0 saturated carbocycles. The van der Waals surface area contributed by atoms with E-state index in [9.17, 15) is 30.7 Å². The molecule has 0 unspecified atom stereocenters. The summed E-state index contributed by atoms with van der Waals surface area (Å²) in [6.07, 6.45) is -8.99. The average molecular weight is 368 g/mol. The van der Waals surface area contributed by atoms with Gasteiger partial charge in [0.25, 0.3) is 0 Å². The first-order valence-electron chi connectivity index (χ1n) is 6.65. The van der Waals surface area contributed by atoms with E-state index in [1.54, 1.807) is 0 Å². The highest BCUT2D eigenvalue weighted by Crippen LogP contribution is 2.36. The molecule has 8 heteroatoms. The van der Waals surface area contributed by atoms with Gasteiger partial charge in [-0.3, -0.25) is 0 Å². The highest BCUT2D eigenvalue weighted by molar-refractivity contribution is 7.99. The predicted molar refractivity (Wildman–Crippen MR) is 78.4 cm³/mol. The fourth-order valence-electron chi connectivity index (χ4n) is 2.05. The second-order valence-electron chi connectivity index (χ2n) is 5.08. The fourth-order valence-corrected chi connectivity index (χ4v) is 2.86. The van der Waals surface area contributed by atoms with Gasteiger partial charge in [0.05, 0.1) is 11.3 Å². The Morgan fingerprint density at radius 1 is 0.958 bits per heavy atom. The summed E-state index contributed by atoms with van der Waals surface area (Å²) in [5.41, 5.74) is -0.880. The van der Waals surface area contributed by atoms with Crippen LogP contribution in [0.15, 0.2) is 41.3 Å². The van der Waals surface area contributed by atoms with Gasteiger partial charge in [0.15, 0.2) is 0 Å². The molecule has 0 nitrogen and oxygen atoms in total. The van der Waals surface area contributed by atoms with Crippen LogP contribution in [0.2, 0.25) is 0 Å². The summed E-state index contributed by atoms with van der Waals surface area (Å²) in [6, 6.07) is 6.19. The number of benzene rings is 2. The van der Waals surface area contributed by atoms with Crippen LogP contribution in [0.1, 0.15) is 11.1 Å². The summed E-state index contributed by atoms with van der Waals surface area (Å²) in [7, 11) is 0. The summed E-state index contributed by atoms with van der Waals surface area (Å²) in [6.45, 7) is 1.44. The number of aryl methyl sites for hydroxylation is 1. The third-order valence-corrected chi connectivity index (χ3v) is 4.38. The lowest BCUT2D eigenvalue weighted by Gasteiger charge is -2.13. The molecule has 0 spiro atoms. The van der Waals surface area contributed by atoms with E-state index in [0.717, 1.165) is 30.3 Å². The summed E-state index contributed by atoms with van der Waals surface area (Å²) in [5, 5.41) is 0. The lowest BCUT2D eigenvalue weighted by molar-refractivity contribution is -0.137. The van der Waals surface area contributed by atoms with Gasteiger partial charge in [0.1, 0.15) is 5.82 Å². The molecule has 24 heavy (non-hydrogen) atoms. The summed E-state index contributed by atoms with van der Waals surface area (Å²) >= 11 is 0.467. The van der Waals surface area contributed by atoms with Crippen molar-refractivity contribution in [2.45, 2.75) is 24.2 Å². The first-order valence-corrected chi connectivity index (χ1v) is 7.63. The fraction of sp³-hybridized carbons (Fsp3) is 0.250. The molecule has 0 N–H and O–H groups in total. The summed E-state index contributed by atoms with van der Waals surface area (Å²) in [4.78, 5) is 0.168. The van der Waals surface area contributed by atoms with Crippen molar-refractivity contribution in [1.82, 2.24) is 0 Å². The van der Waals surface area contributed by atoms with Crippen LogP contribution >= 0.6 is 11.8 Å². The summed E-state index contributed by atoms with van der Waals surface area (Å²) < 4.78 is 89.4. The number of thioether (sulfide) groups is 1. The Kier molecular flexibility index (Phi) is 5.17. The molecule has 0 aliphatic carbocycles. The van der Waals surface area contributed by atoms with Crippen LogP contribution in [0.4, 0.5) is 30.7 Å². The average Bonchev–Trinajstić information content (AvgIpc) is 2.44. The molecule has 0 saturated heterocycles. The van der Waals surface area contributed by atoms with Crippen LogP contribution in [0.25, 0.3) is 11.1 Å². The zero-order valence-electron chi connectivity index (χ0n) is 12.2. The molecule has 0 aliphatic rings. The van der Waals surface area contributed by atoms with E-state index in [1.807, 2.05) is 0 Å². The van der Waals surface area contributed by atoms with Gasteiger partial charge in [-0.2, -0.15) is 26.3 Å². The Morgan fingerprint density at radius 2 is 1.62 bits per heavy atom. The number of hydrogen-bond donors (Lipinski definition) is 0. The second-order valence-corrected chi connectivity index (χ2v) is 6.10. The van der Waals surface area contributed by atoms with Crippen LogP contribution in [0, 0.1) is 12.7 Å². The molecule has 0 aliphatic heterocycles. The van der Waals surface area contributed by atoms with E-state index >= 15 is 0 Å². The molecular weight excluding hydrogens is 357 g/mol. The van der Waals surface area contributed by atoms with E-state index in [0.29, 0.717) is 11.8 Å². The largest absolute Gasteiger partial charge is 0.416 e. The van der Waals surface area contributed by atoms with Crippen molar-refractivity contribution in [3.05, 3.63) is 53.3 Å². The van der Waals surface area contributed by atoms with E-state index < -0.39 is 29.5 Å². The molecule has 2 rings (SSSR count). The predicted octanol–water partition coefficient (Wildman–Crippen LogP) is 6.47. The van der Waals surface area contributed by atoms with E-state index in [4.69, 9.17) is 0 Å². The van der Waals surface area contributed by atoms with Gasteiger partial charge in [-0.1, -0.05) is 12.1 Å². The van der Waals surface area contributed by atoms with Gasteiger partial charge in [0.2, 0.25) is 0 Å². The lowest BCUT2D eigenvalue weighted by atomic mass is 10.0. The van der Waals surface area contributed by atoms with Gasteiger partial charge in [-0.25, -0.2) is 4.39 Å². The minimum Gasteiger partial charge on any atom is -0.206 e. The number of rotatable bonds is 3. The van der Waals surface area contributed by atoms with Crippen molar-refractivity contribution in [3.8, 4) is 11.1 Å². The molecule has 2 aromatic carbocycles. The highest BCUT2D eigenvalue weighted by atomic mass is 32.2. The highest BCUT2D eigenvalue weighted by Gasteiger charge is 2.31. The maximum Gasteiger partial charge on any atom is 0.416 e. The van der Waals surface area contributed by atoms with Gasteiger partial charge >= 0.3 is 12.4 Å². The molecule has 0 heterocycles. The third-order valence-electron chi connectivity index (χ3n) is 3.16. The molecule has 0 bridgehead atoms. The zero-order chi connectivity index (χ0) is 18.1. The Hall–Kier alpha value is -1.70. The van der Waals surface area contributed by atoms with E-state index in [-0.39, 0.29) is 21.6 Å². The van der Waals surface area contributed by atoms with Crippen LogP contribution in [0.5, 0.6) is 0 Å². The number of hydrogen-bond acceptors (Lipinski definition) is 1. The molecule has 2 aromatic rings. The maximum absolute atomic E-state index is 14.1. The first kappa shape index (κ1) is 18.6. The van der Waals surface area contributed by atoms with Crippen LogP contribution in [0.3, 0.4) is 0 Å². The Balaban J connectivity index is 2.44. The number of alkyl halides is 6. The van der Waals surface area contributed by atoms with Crippen molar-refractivity contribution < 1.29 is 30.7 Å². The second kappa shape index (κ2) is 6.66. The lowest BCUT2D eigenvalue weighted by Crippen LogP contribution is -2.10.